The van der Waals surface area contributed by atoms with E-state index in [9.17, 15) is 4.79 Å². The summed E-state index contributed by atoms with van der Waals surface area (Å²) in [5.74, 6) is 1.91. The van der Waals surface area contributed by atoms with Crippen molar-refractivity contribution < 1.29 is 14.3 Å². The highest BCUT2D eigenvalue weighted by atomic mass is 79.9. The maximum absolute atomic E-state index is 12.6. The minimum absolute atomic E-state index is 0.0366. The summed E-state index contributed by atoms with van der Waals surface area (Å²) < 4.78 is 12.2. The van der Waals surface area contributed by atoms with E-state index in [0.29, 0.717) is 24.0 Å². The Labute approximate surface area is 186 Å². The van der Waals surface area contributed by atoms with Crippen LogP contribution in [-0.4, -0.2) is 19.2 Å². The van der Waals surface area contributed by atoms with Gasteiger partial charge in [-0.2, -0.15) is 5.10 Å². The molecule has 2 saturated carbocycles. The van der Waals surface area contributed by atoms with E-state index in [1.807, 2.05) is 42.5 Å². The van der Waals surface area contributed by atoms with Gasteiger partial charge in [0.05, 0.1) is 17.8 Å². The van der Waals surface area contributed by atoms with Crippen molar-refractivity contribution >= 4 is 28.1 Å². The Bertz CT molecular complexity index is 947. The first kappa shape index (κ1) is 20.9. The molecular weight excluding hydrogens is 444 g/mol. The summed E-state index contributed by atoms with van der Waals surface area (Å²) in [6, 6.07) is 13.7. The predicted molar refractivity (Wildman–Crippen MR) is 121 cm³/mol. The summed E-state index contributed by atoms with van der Waals surface area (Å²) in [6.45, 7) is 2.68. The Morgan fingerprint density at radius 2 is 2.10 bits per heavy atom. The number of fused-ring (bicyclic) bond motifs is 1. The fourth-order valence-electron chi connectivity index (χ4n) is 4.77. The summed E-state index contributed by atoms with van der Waals surface area (Å²) in [7, 11) is 1.61. The zero-order valence-corrected chi connectivity index (χ0v) is 18.9. The fraction of sp³-hybridized carbons (Fsp3) is 0.417. The van der Waals surface area contributed by atoms with Gasteiger partial charge in [0, 0.05) is 5.92 Å². The molecule has 30 heavy (non-hydrogen) atoms. The zero-order valence-electron chi connectivity index (χ0n) is 17.4. The molecule has 1 amide bonds. The molecule has 4 rings (SSSR count). The van der Waals surface area contributed by atoms with Crippen molar-refractivity contribution in [3.63, 3.8) is 0 Å². The number of nitrogens with zero attached hydrogens (tertiary/aromatic N) is 1. The minimum atomic E-state index is 0.0366. The summed E-state index contributed by atoms with van der Waals surface area (Å²) in [4.78, 5) is 12.6. The van der Waals surface area contributed by atoms with Gasteiger partial charge in [-0.25, -0.2) is 5.43 Å². The number of nitrogens with one attached hydrogen (secondary N) is 1. The standard InChI is InChI=1S/C24H27BrN2O3/c1-24-11-7-6-10-18(24)21(24)23(28)27-26-14-17-12-19(25)22(20(13-17)29-2)30-15-16-8-4-3-5-9-16/h3-5,8-9,12-14,18,21H,6-7,10-11,15H2,1-2H3,(H,27,28)/b26-14-/t18-,21+,24-/m1/s1. The van der Waals surface area contributed by atoms with E-state index in [4.69, 9.17) is 9.47 Å². The summed E-state index contributed by atoms with van der Waals surface area (Å²) in [6.07, 6.45) is 6.41. The molecule has 1 N–H and O–H groups in total. The summed E-state index contributed by atoms with van der Waals surface area (Å²) >= 11 is 3.56. The molecule has 2 aliphatic rings. The molecule has 2 aromatic rings. The van der Waals surface area contributed by atoms with E-state index in [2.05, 4.69) is 33.4 Å². The first-order valence-electron chi connectivity index (χ1n) is 10.4. The summed E-state index contributed by atoms with van der Waals surface area (Å²) in [5, 5.41) is 4.19. The van der Waals surface area contributed by atoms with E-state index >= 15 is 0 Å². The second-order valence-electron chi connectivity index (χ2n) is 8.38. The van der Waals surface area contributed by atoms with Gasteiger partial charge in [0.15, 0.2) is 11.5 Å². The molecule has 2 aromatic carbocycles. The number of hydrogen-bond donors (Lipinski definition) is 1. The van der Waals surface area contributed by atoms with Gasteiger partial charge in [0.25, 0.3) is 0 Å². The van der Waals surface area contributed by atoms with Crippen LogP contribution in [0, 0.1) is 17.3 Å². The normalized spacial score (nSPS) is 24.9. The largest absolute Gasteiger partial charge is 0.493 e. The van der Waals surface area contributed by atoms with E-state index in [1.165, 1.54) is 12.8 Å². The van der Waals surface area contributed by atoms with Gasteiger partial charge in [-0.05, 0) is 63.4 Å². The highest BCUT2D eigenvalue weighted by molar-refractivity contribution is 9.10. The first-order valence-corrected chi connectivity index (χ1v) is 11.2. The maximum atomic E-state index is 12.6. The quantitative estimate of drug-likeness (QED) is 0.440. The lowest BCUT2D eigenvalue weighted by molar-refractivity contribution is -0.123. The third kappa shape index (κ3) is 4.24. The van der Waals surface area contributed by atoms with Crippen molar-refractivity contribution in [1.29, 1.82) is 0 Å². The monoisotopic (exact) mass is 470 g/mol. The molecule has 0 unspecified atom stereocenters. The number of rotatable bonds is 7. The van der Waals surface area contributed by atoms with Crippen molar-refractivity contribution in [2.45, 2.75) is 39.2 Å². The van der Waals surface area contributed by atoms with E-state index < -0.39 is 0 Å². The van der Waals surface area contributed by atoms with E-state index in [-0.39, 0.29) is 17.2 Å². The van der Waals surface area contributed by atoms with Crippen molar-refractivity contribution in [3.8, 4) is 11.5 Å². The van der Waals surface area contributed by atoms with Gasteiger partial charge in [0.2, 0.25) is 5.91 Å². The molecular formula is C24H27BrN2O3. The third-order valence-electron chi connectivity index (χ3n) is 6.48. The molecule has 2 aliphatic carbocycles. The third-order valence-corrected chi connectivity index (χ3v) is 7.07. The minimum Gasteiger partial charge on any atom is -0.493 e. The number of amides is 1. The number of carbonyl (C=O) groups is 1. The second-order valence-corrected chi connectivity index (χ2v) is 9.23. The molecule has 0 heterocycles. The van der Waals surface area contributed by atoms with Gasteiger partial charge in [-0.15, -0.1) is 0 Å². The van der Waals surface area contributed by atoms with Crippen LogP contribution in [0.4, 0.5) is 0 Å². The van der Waals surface area contributed by atoms with Gasteiger partial charge >= 0.3 is 0 Å². The first-order chi connectivity index (χ1) is 14.5. The van der Waals surface area contributed by atoms with Crippen molar-refractivity contribution in [3.05, 3.63) is 58.1 Å². The molecule has 2 fully saturated rings. The van der Waals surface area contributed by atoms with E-state index in [1.54, 1.807) is 13.3 Å². The molecule has 5 nitrogen and oxygen atoms in total. The highest BCUT2D eigenvalue weighted by Crippen LogP contribution is 2.66. The topological polar surface area (TPSA) is 59.9 Å². The molecule has 6 heteroatoms. The average molecular weight is 471 g/mol. The predicted octanol–water partition coefficient (Wildman–Crippen LogP) is 5.31. The fourth-order valence-corrected chi connectivity index (χ4v) is 5.35. The molecule has 0 bridgehead atoms. The Hall–Kier alpha value is -2.34. The van der Waals surface area contributed by atoms with Crippen molar-refractivity contribution in [2.75, 3.05) is 7.11 Å². The molecule has 0 aromatic heterocycles. The Balaban J connectivity index is 1.39. The lowest BCUT2D eigenvalue weighted by atomic mass is 9.90. The Morgan fingerprint density at radius 1 is 1.30 bits per heavy atom. The number of ether oxygens (including phenoxy) is 2. The molecule has 158 valence electrons. The SMILES string of the molecule is COc1cc(/C=N\NC(=O)[C@@H]2[C@H]3CCCC[C@]32C)cc(Br)c1OCc1ccccc1. The summed E-state index contributed by atoms with van der Waals surface area (Å²) in [5.41, 5.74) is 4.81. The number of benzene rings is 2. The Morgan fingerprint density at radius 3 is 2.80 bits per heavy atom. The van der Waals surface area contributed by atoms with Crippen molar-refractivity contribution in [1.82, 2.24) is 5.43 Å². The van der Waals surface area contributed by atoms with Crippen LogP contribution in [0.15, 0.2) is 52.0 Å². The number of hydrazone groups is 1. The van der Waals surface area contributed by atoms with Gasteiger partial charge in [0.1, 0.15) is 6.61 Å². The van der Waals surface area contributed by atoms with Crippen LogP contribution in [0.25, 0.3) is 0 Å². The van der Waals surface area contributed by atoms with Gasteiger partial charge in [-0.3, -0.25) is 4.79 Å². The van der Waals surface area contributed by atoms with Crippen LogP contribution in [0.2, 0.25) is 0 Å². The van der Waals surface area contributed by atoms with Crippen LogP contribution in [0.5, 0.6) is 11.5 Å². The number of halogens is 1. The van der Waals surface area contributed by atoms with Crippen LogP contribution < -0.4 is 14.9 Å². The van der Waals surface area contributed by atoms with Crippen LogP contribution in [-0.2, 0) is 11.4 Å². The average Bonchev–Trinajstić information content (AvgIpc) is 3.38. The lowest BCUT2D eigenvalue weighted by Gasteiger charge is -2.15. The highest BCUT2D eigenvalue weighted by Gasteiger charge is 2.64. The number of hydrogen-bond acceptors (Lipinski definition) is 4. The lowest BCUT2D eigenvalue weighted by Crippen LogP contribution is -2.22. The van der Waals surface area contributed by atoms with Gasteiger partial charge < -0.3 is 9.47 Å². The van der Waals surface area contributed by atoms with E-state index in [0.717, 1.165) is 28.4 Å². The second kappa shape index (κ2) is 8.80. The number of methoxy groups -OCH3 is 1. The van der Waals surface area contributed by atoms with Gasteiger partial charge in [-0.1, -0.05) is 50.1 Å². The molecule has 0 saturated heterocycles. The molecule has 0 aliphatic heterocycles. The molecule has 0 spiro atoms. The molecule has 3 atom stereocenters. The molecule has 0 radical (unpaired) electrons. The smallest absolute Gasteiger partial charge is 0.244 e. The van der Waals surface area contributed by atoms with Crippen molar-refractivity contribution in [2.24, 2.45) is 22.4 Å². The van der Waals surface area contributed by atoms with Crippen LogP contribution in [0.1, 0.15) is 43.7 Å². The number of carbonyl (C=O) groups excluding carboxylic acids is 1. The van der Waals surface area contributed by atoms with Crippen LogP contribution in [0.3, 0.4) is 0 Å². The maximum Gasteiger partial charge on any atom is 0.244 e. The van der Waals surface area contributed by atoms with Crippen LogP contribution >= 0.6 is 15.9 Å². The Kier molecular flexibility index (Phi) is 6.14. The zero-order chi connectivity index (χ0) is 21.1.